The summed E-state index contributed by atoms with van der Waals surface area (Å²) in [6.07, 6.45) is 3.59. The number of halogens is 1. The number of nitrogen functional groups attached to an aromatic ring is 1. The molecule has 1 heterocycles. The van der Waals surface area contributed by atoms with Crippen LogP contribution in [0.5, 0.6) is 0 Å². The number of hydrogen-bond acceptors (Lipinski definition) is 4. The van der Waals surface area contributed by atoms with E-state index in [-0.39, 0.29) is 12.0 Å². The van der Waals surface area contributed by atoms with Gasteiger partial charge < -0.3 is 11.1 Å². The summed E-state index contributed by atoms with van der Waals surface area (Å²) >= 11 is 3.52. The van der Waals surface area contributed by atoms with Gasteiger partial charge in [-0.05, 0) is 43.0 Å². The fraction of sp³-hybridized carbons (Fsp3) is 0.200. The van der Waals surface area contributed by atoms with E-state index in [1.54, 1.807) is 0 Å². The zero-order valence-corrected chi connectivity index (χ0v) is 15.7. The molecular formula is C20H21BrN4. The van der Waals surface area contributed by atoms with Crippen LogP contribution in [0.3, 0.4) is 0 Å². The van der Waals surface area contributed by atoms with Gasteiger partial charge in [0.1, 0.15) is 5.82 Å². The van der Waals surface area contributed by atoms with E-state index in [0.29, 0.717) is 0 Å². The van der Waals surface area contributed by atoms with Crippen molar-refractivity contribution in [3.63, 3.8) is 0 Å². The van der Waals surface area contributed by atoms with Gasteiger partial charge in [-0.3, -0.25) is 0 Å². The normalized spacial score (nSPS) is 11.9. The van der Waals surface area contributed by atoms with Crippen molar-refractivity contribution in [2.24, 2.45) is 0 Å². The molecule has 0 aliphatic heterocycles. The minimum Gasteiger partial charge on any atom is -0.368 e. The average Bonchev–Trinajstić information content (AvgIpc) is 2.62. The maximum atomic E-state index is 5.80. The van der Waals surface area contributed by atoms with E-state index in [2.05, 4.69) is 68.5 Å². The molecule has 0 aliphatic carbocycles. The number of nitrogens with one attached hydrogen (secondary N) is 1. The molecule has 128 valence electrons. The quantitative estimate of drug-likeness (QED) is 0.629. The predicted molar refractivity (Wildman–Crippen MR) is 106 cm³/mol. The molecular weight excluding hydrogens is 376 g/mol. The lowest BCUT2D eigenvalue weighted by Gasteiger charge is -2.17. The number of nitrogens with two attached hydrogens (primary N) is 1. The zero-order chi connectivity index (χ0) is 17.6. The number of rotatable bonds is 6. The number of aromatic nitrogens is 2. The molecule has 2 aromatic carbocycles. The van der Waals surface area contributed by atoms with Crippen molar-refractivity contribution >= 4 is 27.7 Å². The summed E-state index contributed by atoms with van der Waals surface area (Å²) in [5.74, 6) is 1.09. The van der Waals surface area contributed by atoms with Gasteiger partial charge in [0, 0.05) is 22.3 Å². The maximum absolute atomic E-state index is 5.80. The number of nitrogens with zero attached hydrogens (tertiary/aromatic N) is 2. The van der Waals surface area contributed by atoms with Crippen LogP contribution in [-0.4, -0.2) is 9.97 Å². The SMILES string of the molecule is CC(Nc1nc(N)ncc1CCc1cccc(Br)c1)c1ccccc1. The highest BCUT2D eigenvalue weighted by Gasteiger charge is 2.11. The van der Waals surface area contributed by atoms with Crippen LogP contribution in [0.25, 0.3) is 0 Å². The highest BCUT2D eigenvalue weighted by Crippen LogP contribution is 2.22. The van der Waals surface area contributed by atoms with Crippen molar-refractivity contribution in [3.05, 3.63) is 82.0 Å². The van der Waals surface area contributed by atoms with E-state index in [0.717, 1.165) is 28.7 Å². The molecule has 1 aromatic heterocycles. The van der Waals surface area contributed by atoms with Gasteiger partial charge in [-0.25, -0.2) is 4.98 Å². The summed E-state index contributed by atoms with van der Waals surface area (Å²) in [5.41, 5.74) is 9.34. The third kappa shape index (κ3) is 4.79. The Bertz CT molecular complexity index is 836. The van der Waals surface area contributed by atoms with E-state index in [1.807, 2.05) is 30.5 Å². The lowest BCUT2D eigenvalue weighted by Crippen LogP contribution is -2.12. The Morgan fingerprint density at radius 2 is 1.88 bits per heavy atom. The van der Waals surface area contributed by atoms with Crippen molar-refractivity contribution in [1.29, 1.82) is 0 Å². The van der Waals surface area contributed by atoms with E-state index in [9.17, 15) is 0 Å². The molecule has 3 rings (SSSR count). The Kier molecular flexibility index (Phi) is 5.66. The Labute approximate surface area is 156 Å². The van der Waals surface area contributed by atoms with Crippen LogP contribution in [0.2, 0.25) is 0 Å². The highest BCUT2D eigenvalue weighted by atomic mass is 79.9. The van der Waals surface area contributed by atoms with Gasteiger partial charge in [-0.2, -0.15) is 4.98 Å². The van der Waals surface area contributed by atoms with Gasteiger partial charge >= 0.3 is 0 Å². The van der Waals surface area contributed by atoms with Crippen molar-refractivity contribution in [3.8, 4) is 0 Å². The second-order valence-corrected chi connectivity index (χ2v) is 6.92. The largest absolute Gasteiger partial charge is 0.368 e. The maximum Gasteiger partial charge on any atom is 0.221 e. The Morgan fingerprint density at radius 1 is 1.08 bits per heavy atom. The van der Waals surface area contributed by atoms with E-state index < -0.39 is 0 Å². The molecule has 5 heteroatoms. The second-order valence-electron chi connectivity index (χ2n) is 6.01. The second kappa shape index (κ2) is 8.12. The third-order valence-corrected chi connectivity index (χ3v) is 4.60. The van der Waals surface area contributed by atoms with E-state index >= 15 is 0 Å². The van der Waals surface area contributed by atoms with Gasteiger partial charge in [-0.1, -0.05) is 58.4 Å². The number of hydrogen-bond donors (Lipinski definition) is 2. The summed E-state index contributed by atoms with van der Waals surface area (Å²) in [6.45, 7) is 2.12. The standard InChI is InChI=1S/C20H21BrN4/c1-14(16-7-3-2-4-8-16)24-19-17(13-23-20(22)25-19)11-10-15-6-5-9-18(21)12-15/h2-9,12-14H,10-11H2,1H3,(H3,22,23,24,25). The van der Waals surface area contributed by atoms with Gasteiger partial charge in [0.15, 0.2) is 0 Å². The number of aryl methyl sites for hydroxylation is 2. The predicted octanol–water partition coefficient (Wildman–Crippen LogP) is 4.78. The van der Waals surface area contributed by atoms with Crippen LogP contribution >= 0.6 is 15.9 Å². The summed E-state index contributed by atoms with van der Waals surface area (Å²) in [4.78, 5) is 8.58. The molecule has 25 heavy (non-hydrogen) atoms. The first kappa shape index (κ1) is 17.4. The lowest BCUT2D eigenvalue weighted by atomic mass is 10.0. The Balaban J connectivity index is 1.76. The Morgan fingerprint density at radius 3 is 2.64 bits per heavy atom. The summed E-state index contributed by atoms with van der Waals surface area (Å²) < 4.78 is 1.09. The molecule has 0 saturated carbocycles. The van der Waals surface area contributed by atoms with Crippen LogP contribution < -0.4 is 11.1 Å². The van der Waals surface area contributed by atoms with Crippen LogP contribution in [0, 0.1) is 0 Å². The first-order chi connectivity index (χ1) is 12.1. The molecule has 0 fully saturated rings. The summed E-state index contributed by atoms with van der Waals surface area (Å²) in [6, 6.07) is 18.8. The fourth-order valence-corrected chi connectivity index (χ4v) is 3.18. The van der Waals surface area contributed by atoms with Gasteiger partial charge in [0.25, 0.3) is 0 Å². The van der Waals surface area contributed by atoms with Crippen LogP contribution in [0.4, 0.5) is 11.8 Å². The molecule has 0 saturated heterocycles. The number of benzene rings is 2. The fourth-order valence-electron chi connectivity index (χ4n) is 2.73. The first-order valence-electron chi connectivity index (χ1n) is 8.29. The Hall–Kier alpha value is -2.40. The van der Waals surface area contributed by atoms with Crippen LogP contribution in [0.1, 0.15) is 29.7 Å². The monoisotopic (exact) mass is 396 g/mol. The topological polar surface area (TPSA) is 63.8 Å². The van der Waals surface area contributed by atoms with Crippen molar-refractivity contribution in [2.75, 3.05) is 11.1 Å². The van der Waals surface area contributed by atoms with Gasteiger partial charge in [0.05, 0.1) is 0 Å². The molecule has 1 unspecified atom stereocenters. The van der Waals surface area contributed by atoms with E-state index in [1.165, 1.54) is 11.1 Å². The average molecular weight is 397 g/mol. The minimum atomic E-state index is 0.139. The molecule has 1 atom stereocenters. The first-order valence-corrected chi connectivity index (χ1v) is 9.08. The zero-order valence-electron chi connectivity index (χ0n) is 14.1. The molecule has 3 N–H and O–H groups in total. The summed E-state index contributed by atoms with van der Waals surface area (Å²) in [7, 11) is 0. The van der Waals surface area contributed by atoms with Crippen molar-refractivity contribution in [2.45, 2.75) is 25.8 Å². The molecule has 0 spiro atoms. The minimum absolute atomic E-state index is 0.139. The summed E-state index contributed by atoms with van der Waals surface area (Å²) in [5, 5.41) is 3.47. The van der Waals surface area contributed by atoms with Crippen molar-refractivity contribution < 1.29 is 0 Å². The lowest BCUT2D eigenvalue weighted by molar-refractivity contribution is 0.855. The van der Waals surface area contributed by atoms with E-state index in [4.69, 9.17) is 5.73 Å². The molecule has 0 aliphatic rings. The molecule has 4 nitrogen and oxygen atoms in total. The molecule has 0 bridgehead atoms. The van der Waals surface area contributed by atoms with Crippen molar-refractivity contribution in [1.82, 2.24) is 9.97 Å². The molecule has 3 aromatic rings. The third-order valence-electron chi connectivity index (χ3n) is 4.11. The van der Waals surface area contributed by atoms with Crippen LogP contribution in [-0.2, 0) is 12.8 Å². The van der Waals surface area contributed by atoms with Gasteiger partial charge in [0.2, 0.25) is 5.95 Å². The number of anilines is 2. The smallest absolute Gasteiger partial charge is 0.221 e. The highest BCUT2D eigenvalue weighted by molar-refractivity contribution is 9.10. The van der Waals surface area contributed by atoms with Gasteiger partial charge in [-0.15, -0.1) is 0 Å². The van der Waals surface area contributed by atoms with Crippen LogP contribution in [0.15, 0.2) is 65.3 Å². The molecule has 0 amide bonds. The molecule has 0 radical (unpaired) electrons.